The highest BCUT2D eigenvalue weighted by atomic mass is 32.2. The normalized spacial score (nSPS) is 15.3. The Kier molecular flexibility index (Phi) is 8.09. The van der Waals surface area contributed by atoms with Crippen molar-refractivity contribution in [2.45, 2.75) is 30.5 Å². The Morgan fingerprint density at radius 3 is 2.26 bits per heavy atom. The predicted molar refractivity (Wildman–Crippen MR) is 176 cm³/mol. The first-order valence-corrected chi connectivity index (χ1v) is 18.5. The van der Waals surface area contributed by atoms with Gasteiger partial charge in [-0.1, -0.05) is 84.6 Å². The van der Waals surface area contributed by atoms with E-state index in [1.165, 1.54) is 11.3 Å². The van der Waals surface area contributed by atoms with Crippen molar-refractivity contribution < 1.29 is 30.5 Å². The third-order valence-corrected chi connectivity index (χ3v) is 10.9. The maximum absolute atomic E-state index is 12.1. The molecule has 0 fully saturated rings. The van der Waals surface area contributed by atoms with E-state index in [4.69, 9.17) is 0 Å². The summed E-state index contributed by atoms with van der Waals surface area (Å²) in [5, 5.41) is 5.57. The number of hydrogen-bond donors (Lipinski definition) is 2. The molecule has 43 heavy (non-hydrogen) atoms. The van der Waals surface area contributed by atoms with Crippen LogP contribution in [-0.2, 0) is 26.1 Å². The topological polar surface area (TPSA) is 116 Å². The summed E-state index contributed by atoms with van der Waals surface area (Å²) in [6.45, 7) is 2.40. The van der Waals surface area contributed by atoms with Gasteiger partial charge in [0.2, 0.25) is 5.52 Å². The van der Waals surface area contributed by atoms with Gasteiger partial charge in [-0.05, 0) is 53.5 Å². The second kappa shape index (κ2) is 11.7. The fraction of sp³-hybridized carbons (Fsp3) is 0.194. The van der Waals surface area contributed by atoms with Gasteiger partial charge >= 0.3 is 10.1 Å². The summed E-state index contributed by atoms with van der Waals surface area (Å²) in [6, 6.07) is 23.9. The molecule has 222 valence electrons. The van der Waals surface area contributed by atoms with Gasteiger partial charge in [-0.15, -0.1) is 0 Å². The summed E-state index contributed by atoms with van der Waals surface area (Å²) in [5.74, 6) is -0.919. The second-order valence-corrected chi connectivity index (χ2v) is 15.4. The second-order valence-electron chi connectivity index (χ2n) is 10.3. The van der Waals surface area contributed by atoms with Gasteiger partial charge in [-0.25, -0.2) is 0 Å². The van der Waals surface area contributed by atoms with Crippen molar-refractivity contribution in [2.75, 3.05) is 17.2 Å². The Morgan fingerprint density at radius 1 is 0.884 bits per heavy atom. The standard InChI is InChI=1S/C31H28N2O6S4/c1-2-21(19-29-33(20-43(37,38)39)31-25-11-6-4-9-23(25)13-15-27(31)41-29)18-28-32(16-7-17-42(34,35)36)30-24-10-5-3-8-22(24)12-14-26(30)40-28/h3-6,8-15,18-19H,2,7,16-17,20H2,1H3,(H-,34,35,36,37,38,39)/p+1. The Balaban J connectivity index is 1.47. The number of fused-ring (bicyclic) bond motifs is 6. The first-order valence-electron chi connectivity index (χ1n) is 13.6. The molecule has 6 rings (SSSR count). The van der Waals surface area contributed by atoms with Gasteiger partial charge in [-0.3, -0.25) is 9.11 Å². The molecule has 0 bridgehead atoms. The largest absolute Gasteiger partial charge is 0.334 e. The van der Waals surface area contributed by atoms with Crippen LogP contribution in [0, 0.1) is 0 Å². The van der Waals surface area contributed by atoms with Crippen LogP contribution in [0.3, 0.4) is 0 Å². The lowest BCUT2D eigenvalue weighted by molar-refractivity contribution is -0.648. The molecule has 0 spiro atoms. The third-order valence-electron chi connectivity index (χ3n) is 7.33. The molecule has 0 radical (unpaired) electrons. The summed E-state index contributed by atoms with van der Waals surface area (Å²) in [6.07, 6.45) is 4.88. The Morgan fingerprint density at radius 2 is 1.56 bits per heavy atom. The molecule has 1 aliphatic heterocycles. The number of benzene rings is 4. The molecule has 0 atom stereocenters. The van der Waals surface area contributed by atoms with E-state index < -0.39 is 26.1 Å². The van der Waals surface area contributed by atoms with Crippen molar-refractivity contribution in [2.24, 2.45) is 0 Å². The molecular formula is C31H29N2O6S4+. The molecule has 2 heterocycles. The summed E-state index contributed by atoms with van der Waals surface area (Å²) < 4.78 is 69.1. The van der Waals surface area contributed by atoms with Gasteiger partial charge in [0.15, 0.2) is 0 Å². The predicted octanol–water partition coefficient (Wildman–Crippen LogP) is 6.87. The van der Waals surface area contributed by atoms with Gasteiger partial charge in [0, 0.05) is 22.9 Å². The van der Waals surface area contributed by atoms with Crippen molar-refractivity contribution in [3.05, 3.63) is 94.5 Å². The van der Waals surface area contributed by atoms with Crippen molar-refractivity contribution in [1.82, 2.24) is 0 Å². The molecule has 5 aromatic rings. The SMILES string of the molecule is CCC(=C/c1sc2ccc3ccccc3c2[n+]1CS(=O)(=O)O)/C=C1/Sc2ccc3ccccc3c2N1CCCS(=O)(=O)O. The van der Waals surface area contributed by atoms with Crippen LogP contribution in [0.15, 0.2) is 94.4 Å². The number of thioether (sulfide) groups is 1. The minimum atomic E-state index is -4.34. The van der Waals surface area contributed by atoms with Crippen LogP contribution in [0.4, 0.5) is 5.69 Å². The van der Waals surface area contributed by atoms with Crippen LogP contribution in [0.5, 0.6) is 0 Å². The average molecular weight is 654 g/mol. The summed E-state index contributed by atoms with van der Waals surface area (Å²) >= 11 is 3.04. The maximum Gasteiger partial charge on any atom is 0.326 e. The molecule has 0 saturated heterocycles. The first kappa shape index (κ1) is 29.8. The van der Waals surface area contributed by atoms with Gasteiger partial charge in [0.05, 0.1) is 21.9 Å². The van der Waals surface area contributed by atoms with Crippen molar-refractivity contribution >= 4 is 86.9 Å². The zero-order chi connectivity index (χ0) is 30.4. The number of aromatic nitrogens is 1. The highest BCUT2D eigenvalue weighted by molar-refractivity contribution is 8.03. The molecule has 0 aliphatic carbocycles. The number of thiazole rings is 1. The highest BCUT2D eigenvalue weighted by Crippen LogP contribution is 2.50. The van der Waals surface area contributed by atoms with Crippen LogP contribution in [0.1, 0.15) is 24.8 Å². The smallest absolute Gasteiger partial charge is 0.326 e. The number of rotatable bonds is 9. The van der Waals surface area contributed by atoms with Crippen LogP contribution >= 0.6 is 23.1 Å². The van der Waals surface area contributed by atoms with E-state index in [1.54, 1.807) is 16.3 Å². The molecule has 0 unspecified atom stereocenters. The van der Waals surface area contributed by atoms with E-state index in [9.17, 15) is 25.9 Å². The summed E-state index contributed by atoms with van der Waals surface area (Å²) in [5.41, 5.74) is 2.67. The zero-order valence-electron chi connectivity index (χ0n) is 23.2. The minimum absolute atomic E-state index is 0.238. The fourth-order valence-corrected chi connectivity index (χ4v) is 8.95. The maximum atomic E-state index is 12.1. The number of allylic oxidation sites excluding steroid dienone is 2. The molecule has 0 saturated carbocycles. The van der Waals surface area contributed by atoms with Crippen LogP contribution in [0.25, 0.3) is 37.8 Å². The van der Waals surface area contributed by atoms with E-state index in [0.29, 0.717) is 18.0 Å². The van der Waals surface area contributed by atoms with E-state index >= 15 is 0 Å². The Labute approximate surface area is 258 Å². The lowest BCUT2D eigenvalue weighted by Crippen LogP contribution is -2.39. The van der Waals surface area contributed by atoms with Crippen molar-refractivity contribution in [3.8, 4) is 0 Å². The number of nitrogens with zero attached hydrogens (tertiary/aromatic N) is 2. The van der Waals surface area contributed by atoms with Gasteiger partial charge in [0.25, 0.3) is 21.0 Å². The van der Waals surface area contributed by atoms with E-state index in [1.807, 2.05) is 79.7 Å². The number of anilines is 1. The lowest BCUT2D eigenvalue weighted by atomic mass is 10.1. The molecule has 0 amide bonds. The zero-order valence-corrected chi connectivity index (χ0v) is 26.4. The first-order chi connectivity index (χ1) is 20.5. The quantitative estimate of drug-likeness (QED) is 0.131. The van der Waals surface area contributed by atoms with Crippen LogP contribution in [-0.4, -0.2) is 38.2 Å². The molecule has 8 nitrogen and oxygen atoms in total. The molecule has 1 aliphatic rings. The van der Waals surface area contributed by atoms with E-state index in [-0.39, 0.29) is 12.2 Å². The molecule has 2 N–H and O–H groups in total. The molecular weight excluding hydrogens is 625 g/mol. The lowest BCUT2D eigenvalue weighted by Gasteiger charge is -2.22. The van der Waals surface area contributed by atoms with Crippen LogP contribution < -0.4 is 9.47 Å². The number of hydrogen-bond acceptors (Lipinski definition) is 7. The average Bonchev–Trinajstić information content (AvgIpc) is 3.48. The molecule has 12 heteroatoms. The van der Waals surface area contributed by atoms with Gasteiger partial charge < -0.3 is 4.90 Å². The summed E-state index contributed by atoms with van der Waals surface area (Å²) in [4.78, 5) is 3.14. The molecule has 1 aromatic heterocycles. The van der Waals surface area contributed by atoms with E-state index in [0.717, 1.165) is 52.9 Å². The molecule has 4 aromatic carbocycles. The van der Waals surface area contributed by atoms with Crippen molar-refractivity contribution in [3.63, 3.8) is 0 Å². The third kappa shape index (κ3) is 6.35. The minimum Gasteiger partial charge on any atom is -0.334 e. The fourth-order valence-electron chi connectivity index (χ4n) is 5.44. The van der Waals surface area contributed by atoms with Gasteiger partial charge in [-0.2, -0.15) is 21.4 Å². The highest BCUT2D eigenvalue weighted by Gasteiger charge is 2.29. The monoisotopic (exact) mass is 653 g/mol. The van der Waals surface area contributed by atoms with Crippen LogP contribution in [0.2, 0.25) is 0 Å². The Bertz CT molecular complexity index is 2170. The Hall–Kier alpha value is -3.26. The summed E-state index contributed by atoms with van der Waals surface area (Å²) in [7, 11) is -8.44. The van der Waals surface area contributed by atoms with Crippen molar-refractivity contribution in [1.29, 1.82) is 0 Å². The van der Waals surface area contributed by atoms with Gasteiger partial charge in [0.1, 0.15) is 4.70 Å². The van der Waals surface area contributed by atoms with E-state index in [2.05, 4.69) is 17.0 Å².